The molecule has 6 rings (SSSR count). The maximum Gasteiger partial charge on any atom is 0.254 e. The lowest BCUT2D eigenvalue weighted by Gasteiger charge is -2.49. The summed E-state index contributed by atoms with van der Waals surface area (Å²) >= 11 is 0. The van der Waals surface area contributed by atoms with E-state index >= 15 is 0 Å². The summed E-state index contributed by atoms with van der Waals surface area (Å²) in [4.78, 5) is 32.7. The predicted molar refractivity (Wildman–Crippen MR) is 153 cm³/mol. The molecule has 1 aromatic heterocycles. The number of rotatable bonds is 8. The van der Waals surface area contributed by atoms with Crippen LogP contribution in [0.15, 0.2) is 53.9 Å². The average Bonchev–Trinajstić information content (AvgIpc) is 3.69. The molecule has 4 heterocycles. The zero-order chi connectivity index (χ0) is 26.5. The van der Waals surface area contributed by atoms with Crippen LogP contribution < -0.4 is 0 Å². The number of ether oxygens (including phenoxy) is 1. The number of aromatic nitrogens is 2. The number of likely N-dealkylation sites (tertiary alicyclic amines) is 1. The van der Waals surface area contributed by atoms with Crippen molar-refractivity contribution in [1.82, 2.24) is 24.7 Å². The van der Waals surface area contributed by atoms with Crippen LogP contribution in [0.25, 0.3) is 0 Å². The first-order chi connectivity index (χ1) is 19.2. The van der Waals surface area contributed by atoms with Gasteiger partial charge in [0.2, 0.25) is 0 Å². The Bertz CT molecular complexity index is 1140. The first kappa shape index (κ1) is 26.4. The van der Waals surface area contributed by atoms with Crippen LogP contribution in [-0.4, -0.2) is 87.3 Å². The summed E-state index contributed by atoms with van der Waals surface area (Å²) in [5, 5.41) is 0. The molecule has 0 bridgehead atoms. The molecule has 8 heteroatoms. The van der Waals surface area contributed by atoms with Crippen molar-refractivity contribution in [2.24, 2.45) is 4.99 Å². The predicted octanol–water partition coefficient (Wildman–Crippen LogP) is 4.41. The summed E-state index contributed by atoms with van der Waals surface area (Å²) in [6.07, 6.45) is 17.4. The van der Waals surface area contributed by atoms with Crippen LogP contribution in [0.3, 0.4) is 0 Å². The van der Waals surface area contributed by atoms with Gasteiger partial charge in [-0.3, -0.25) is 14.7 Å². The average molecular weight is 531 g/mol. The van der Waals surface area contributed by atoms with Crippen molar-refractivity contribution < 1.29 is 9.53 Å². The van der Waals surface area contributed by atoms with E-state index in [0.717, 1.165) is 69.4 Å². The monoisotopic (exact) mass is 530 g/mol. The number of imidazole rings is 1. The lowest BCUT2D eigenvalue weighted by Crippen LogP contribution is -2.59. The molecule has 1 saturated carbocycles. The van der Waals surface area contributed by atoms with Crippen molar-refractivity contribution in [3.63, 3.8) is 0 Å². The van der Waals surface area contributed by atoms with Crippen molar-refractivity contribution in [2.45, 2.75) is 76.1 Å². The quantitative estimate of drug-likeness (QED) is 0.547. The Morgan fingerprint density at radius 2 is 1.87 bits per heavy atom. The molecule has 2 saturated heterocycles. The molecular weight excluding hydrogens is 488 g/mol. The maximum absolute atomic E-state index is 13.5. The van der Waals surface area contributed by atoms with Crippen LogP contribution in [0.4, 0.5) is 0 Å². The Morgan fingerprint density at radius 1 is 1.05 bits per heavy atom. The Labute approximate surface area is 232 Å². The largest absolute Gasteiger partial charge is 0.371 e. The van der Waals surface area contributed by atoms with Crippen LogP contribution in [-0.2, 0) is 17.8 Å². The van der Waals surface area contributed by atoms with Crippen molar-refractivity contribution in [1.29, 1.82) is 0 Å². The van der Waals surface area contributed by atoms with E-state index in [1.165, 1.54) is 43.4 Å². The second kappa shape index (κ2) is 12.1. The van der Waals surface area contributed by atoms with Gasteiger partial charge in [0.05, 0.1) is 25.3 Å². The molecule has 1 aromatic carbocycles. The number of amides is 1. The van der Waals surface area contributed by atoms with Gasteiger partial charge in [-0.1, -0.05) is 37.5 Å². The number of piperidine rings is 1. The molecule has 1 N–H and O–H groups in total. The first-order valence-electron chi connectivity index (χ1n) is 14.8. The number of hydrogen-bond donors (Lipinski definition) is 1. The zero-order valence-corrected chi connectivity index (χ0v) is 23.1. The van der Waals surface area contributed by atoms with Crippen LogP contribution in [0.1, 0.15) is 73.1 Å². The van der Waals surface area contributed by atoms with E-state index in [1.807, 2.05) is 29.4 Å². The SMILES string of the molecule is O=C(c1ccc(CN(CC2=NC=CC2)Cc2ncc[nH]2)cc1)N1CCOC2(CCN(C3CCCCC3)CC2)C1. The standard InChI is InChI=1S/C31H42N6O2/c38-30(37-19-20-39-31(24-37)12-17-36(18-13-31)28-6-2-1-3-7-28)26-10-8-25(9-11-26)21-35(22-27-5-4-14-32-27)23-29-33-15-16-34-29/h4,8-11,14-16,28H,1-3,5-7,12-13,17-24H2,(H,33,34). The Hall–Kier alpha value is -2.81. The van der Waals surface area contributed by atoms with E-state index in [9.17, 15) is 4.79 Å². The number of aliphatic imine (C=N–C) groups is 1. The number of H-pyrrole nitrogens is 1. The fourth-order valence-corrected chi connectivity index (χ4v) is 6.78. The minimum absolute atomic E-state index is 0.123. The number of carbonyl (C=O) groups excluding carboxylic acids is 1. The zero-order valence-electron chi connectivity index (χ0n) is 23.1. The molecule has 0 unspecified atom stereocenters. The third-order valence-electron chi connectivity index (χ3n) is 8.99. The maximum atomic E-state index is 13.5. The lowest BCUT2D eigenvalue weighted by molar-refractivity contribution is -0.131. The van der Waals surface area contributed by atoms with Gasteiger partial charge in [0.15, 0.2) is 0 Å². The van der Waals surface area contributed by atoms with Gasteiger partial charge in [0.1, 0.15) is 5.82 Å². The van der Waals surface area contributed by atoms with Gasteiger partial charge in [0, 0.05) is 75.1 Å². The molecule has 1 spiro atoms. The van der Waals surface area contributed by atoms with Gasteiger partial charge in [0.25, 0.3) is 5.91 Å². The highest BCUT2D eigenvalue weighted by atomic mass is 16.5. The third kappa shape index (κ3) is 6.51. The van der Waals surface area contributed by atoms with Crippen molar-refractivity contribution in [3.05, 3.63) is 65.9 Å². The van der Waals surface area contributed by atoms with Gasteiger partial charge in [-0.25, -0.2) is 4.98 Å². The fourth-order valence-electron chi connectivity index (χ4n) is 6.78. The summed E-state index contributed by atoms with van der Waals surface area (Å²) in [6, 6.07) is 8.93. The number of allylic oxidation sites excluding steroid dienone is 1. The van der Waals surface area contributed by atoms with E-state index in [2.05, 4.69) is 43.0 Å². The number of aromatic amines is 1. The van der Waals surface area contributed by atoms with Crippen LogP contribution in [0.2, 0.25) is 0 Å². The molecule has 3 aliphatic heterocycles. The van der Waals surface area contributed by atoms with Crippen molar-refractivity contribution in [2.75, 3.05) is 39.3 Å². The highest BCUT2D eigenvalue weighted by Gasteiger charge is 2.42. The molecule has 1 aliphatic carbocycles. The van der Waals surface area contributed by atoms with Gasteiger partial charge in [-0.2, -0.15) is 0 Å². The second-order valence-electron chi connectivity index (χ2n) is 11.7. The summed E-state index contributed by atoms with van der Waals surface area (Å²) in [6.45, 7) is 6.49. The molecule has 8 nitrogen and oxygen atoms in total. The number of carbonyl (C=O) groups is 1. The van der Waals surface area contributed by atoms with Crippen molar-refractivity contribution >= 4 is 11.6 Å². The van der Waals surface area contributed by atoms with Gasteiger partial charge >= 0.3 is 0 Å². The number of nitrogens with zero attached hydrogens (tertiary/aromatic N) is 5. The summed E-state index contributed by atoms with van der Waals surface area (Å²) < 4.78 is 6.37. The van der Waals surface area contributed by atoms with Gasteiger partial charge < -0.3 is 19.5 Å². The smallest absolute Gasteiger partial charge is 0.254 e. The summed E-state index contributed by atoms with van der Waals surface area (Å²) in [5.74, 6) is 1.07. The lowest BCUT2D eigenvalue weighted by atomic mass is 9.86. The minimum Gasteiger partial charge on any atom is -0.371 e. The molecule has 1 amide bonds. The van der Waals surface area contributed by atoms with E-state index in [-0.39, 0.29) is 11.5 Å². The van der Waals surface area contributed by atoms with Crippen LogP contribution in [0.5, 0.6) is 0 Å². The third-order valence-corrected chi connectivity index (χ3v) is 8.99. The van der Waals surface area contributed by atoms with E-state index in [1.54, 1.807) is 6.20 Å². The molecule has 4 aliphatic rings. The number of nitrogens with one attached hydrogen (secondary N) is 1. The van der Waals surface area contributed by atoms with Gasteiger partial charge in [-0.15, -0.1) is 0 Å². The van der Waals surface area contributed by atoms with Crippen LogP contribution in [0, 0.1) is 0 Å². The van der Waals surface area contributed by atoms with E-state index in [4.69, 9.17) is 4.74 Å². The number of morpholine rings is 1. The first-order valence-corrected chi connectivity index (χ1v) is 14.8. The van der Waals surface area contributed by atoms with Crippen LogP contribution >= 0.6 is 0 Å². The summed E-state index contributed by atoms with van der Waals surface area (Å²) in [7, 11) is 0. The molecule has 0 atom stereocenters. The second-order valence-corrected chi connectivity index (χ2v) is 11.7. The Balaban J connectivity index is 1.05. The summed E-state index contributed by atoms with van der Waals surface area (Å²) in [5.41, 5.74) is 2.93. The molecule has 2 aromatic rings. The number of benzene rings is 1. The minimum atomic E-state index is -0.177. The molecule has 3 fully saturated rings. The number of hydrogen-bond acceptors (Lipinski definition) is 6. The van der Waals surface area contributed by atoms with E-state index < -0.39 is 0 Å². The fraction of sp³-hybridized carbons (Fsp3) is 0.581. The highest BCUT2D eigenvalue weighted by molar-refractivity contribution is 5.94. The van der Waals surface area contributed by atoms with Gasteiger partial charge in [-0.05, 0) is 43.4 Å². The highest BCUT2D eigenvalue weighted by Crippen LogP contribution is 2.34. The normalized spacial score (nSPS) is 22.1. The molecule has 39 heavy (non-hydrogen) atoms. The van der Waals surface area contributed by atoms with E-state index in [0.29, 0.717) is 19.7 Å². The van der Waals surface area contributed by atoms with Crippen molar-refractivity contribution in [3.8, 4) is 0 Å². The molecule has 208 valence electrons. The topological polar surface area (TPSA) is 77.1 Å². The Kier molecular flexibility index (Phi) is 8.23. The molecular formula is C31H42N6O2. The molecule has 0 radical (unpaired) electrons. The Morgan fingerprint density at radius 3 is 2.59 bits per heavy atom.